The van der Waals surface area contributed by atoms with E-state index in [2.05, 4.69) is 17.2 Å². The van der Waals surface area contributed by atoms with E-state index in [1.54, 1.807) is 0 Å². The number of carbonyl (C=O) groups is 1. The monoisotopic (exact) mass is 167 g/mol. The highest BCUT2D eigenvalue weighted by Gasteiger charge is 2.14. The van der Waals surface area contributed by atoms with Gasteiger partial charge in [-0.1, -0.05) is 25.7 Å². The third-order valence-corrected chi connectivity index (χ3v) is 1.16. The van der Waals surface area contributed by atoms with Crippen LogP contribution in [-0.4, -0.2) is 11.4 Å². The summed E-state index contributed by atoms with van der Waals surface area (Å²) in [5.74, 6) is 6.34. The molecule has 0 rings (SSSR count). The van der Waals surface area contributed by atoms with E-state index in [4.69, 9.17) is 0 Å². The second-order valence-corrected chi connectivity index (χ2v) is 3.73. The van der Waals surface area contributed by atoms with Crippen molar-refractivity contribution >= 4 is 5.91 Å². The summed E-state index contributed by atoms with van der Waals surface area (Å²) in [4.78, 5) is 10.7. The van der Waals surface area contributed by atoms with Gasteiger partial charge in [0, 0.05) is 12.8 Å². The summed E-state index contributed by atoms with van der Waals surface area (Å²) in [5, 5.41) is 2.76. The fourth-order valence-corrected chi connectivity index (χ4v) is 0.796. The fourth-order valence-electron chi connectivity index (χ4n) is 0.796. The van der Waals surface area contributed by atoms with Gasteiger partial charge in [0.05, 0.1) is 5.54 Å². The number of nitrogens with one attached hydrogen (secondary N) is 1. The minimum Gasteiger partial charge on any atom is -0.341 e. The summed E-state index contributed by atoms with van der Waals surface area (Å²) in [7, 11) is 0. The second-order valence-electron chi connectivity index (χ2n) is 3.73. The Morgan fingerprint density at radius 3 is 2.25 bits per heavy atom. The highest BCUT2D eigenvalue weighted by atomic mass is 16.1. The van der Waals surface area contributed by atoms with Crippen LogP contribution in [0.4, 0.5) is 0 Å². The van der Waals surface area contributed by atoms with Gasteiger partial charge in [-0.2, -0.15) is 0 Å². The first-order valence-corrected chi connectivity index (χ1v) is 4.15. The Morgan fingerprint density at radius 2 is 1.92 bits per heavy atom. The van der Waals surface area contributed by atoms with E-state index in [1.807, 2.05) is 27.7 Å². The largest absolute Gasteiger partial charge is 0.341 e. The zero-order valence-corrected chi connectivity index (χ0v) is 8.49. The average molecular weight is 167 g/mol. The van der Waals surface area contributed by atoms with E-state index in [-0.39, 0.29) is 5.91 Å². The lowest BCUT2D eigenvalue weighted by Crippen LogP contribution is -2.40. The summed E-state index contributed by atoms with van der Waals surface area (Å²) in [6.45, 7) is 9.33. The lowest BCUT2D eigenvalue weighted by atomic mass is 10.1. The predicted octanol–water partition coefficient (Wildman–Crippen LogP) is 1.56. The van der Waals surface area contributed by atoms with Gasteiger partial charge in [-0.25, -0.2) is 0 Å². The van der Waals surface area contributed by atoms with Crippen LogP contribution in [0.15, 0.2) is 0 Å². The normalized spacial score (nSPS) is 10.5. The molecule has 0 saturated carbocycles. The molecular formula is C10H17NO. The second kappa shape index (κ2) is 4.15. The molecule has 0 aliphatic rings. The first kappa shape index (κ1) is 11.0. The van der Waals surface area contributed by atoms with Crippen molar-refractivity contribution in [3.05, 3.63) is 0 Å². The van der Waals surface area contributed by atoms with Gasteiger partial charge in [0.15, 0.2) is 0 Å². The quantitative estimate of drug-likeness (QED) is 0.590. The molecule has 0 saturated heterocycles. The Balaban J connectivity index is 4.24. The van der Waals surface area contributed by atoms with Crippen molar-refractivity contribution < 1.29 is 4.79 Å². The maximum atomic E-state index is 10.7. The Morgan fingerprint density at radius 1 is 1.42 bits per heavy atom. The van der Waals surface area contributed by atoms with E-state index in [0.29, 0.717) is 5.92 Å². The molecule has 2 nitrogen and oxygen atoms in total. The van der Waals surface area contributed by atoms with Gasteiger partial charge in [0.25, 0.3) is 0 Å². The molecule has 0 aliphatic carbocycles. The number of carbonyl (C=O) groups excluding carboxylic acids is 1. The van der Waals surface area contributed by atoms with Gasteiger partial charge in [-0.05, 0) is 13.8 Å². The van der Waals surface area contributed by atoms with Gasteiger partial charge >= 0.3 is 0 Å². The molecule has 0 aromatic carbocycles. The first-order valence-electron chi connectivity index (χ1n) is 4.15. The van der Waals surface area contributed by atoms with Crippen molar-refractivity contribution in [2.45, 2.75) is 40.2 Å². The molecule has 0 aliphatic heterocycles. The topological polar surface area (TPSA) is 29.1 Å². The van der Waals surface area contributed by atoms with E-state index in [0.717, 1.165) is 0 Å². The lowest BCUT2D eigenvalue weighted by molar-refractivity contribution is -0.119. The summed E-state index contributed by atoms with van der Waals surface area (Å²) in [5.41, 5.74) is -0.407. The summed E-state index contributed by atoms with van der Waals surface area (Å²) in [6.07, 6.45) is 0. The molecule has 1 amide bonds. The average Bonchev–Trinajstić information content (AvgIpc) is 1.81. The van der Waals surface area contributed by atoms with Gasteiger partial charge in [0.1, 0.15) is 0 Å². The molecule has 0 heterocycles. The molecule has 0 atom stereocenters. The van der Waals surface area contributed by atoms with Crippen molar-refractivity contribution in [2.24, 2.45) is 5.92 Å². The highest BCUT2D eigenvalue weighted by Crippen LogP contribution is 2.00. The molecule has 12 heavy (non-hydrogen) atoms. The third-order valence-electron chi connectivity index (χ3n) is 1.16. The van der Waals surface area contributed by atoms with E-state index in [1.165, 1.54) is 6.92 Å². The number of hydrogen-bond donors (Lipinski definition) is 1. The maximum Gasteiger partial charge on any atom is 0.218 e. The zero-order valence-electron chi connectivity index (χ0n) is 8.49. The van der Waals surface area contributed by atoms with Crippen molar-refractivity contribution in [3.63, 3.8) is 0 Å². The minimum absolute atomic E-state index is 0.0435. The molecule has 2 heteroatoms. The molecule has 0 fully saturated rings. The van der Waals surface area contributed by atoms with Gasteiger partial charge in [0.2, 0.25) is 5.91 Å². The molecule has 0 unspecified atom stereocenters. The first-order chi connectivity index (χ1) is 5.33. The van der Waals surface area contributed by atoms with Crippen LogP contribution >= 0.6 is 0 Å². The van der Waals surface area contributed by atoms with Crippen LogP contribution in [0.1, 0.15) is 34.6 Å². The fraction of sp³-hybridized carbons (Fsp3) is 0.700. The van der Waals surface area contributed by atoms with Gasteiger partial charge in [-0.3, -0.25) is 4.79 Å². The maximum absolute atomic E-state index is 10.7. The highest BCUT2D eigenvalue weighted by molar-refractivity contribution is 5.74. The Bertz CT molecular complexity index is 218. The van der Waals surface area contributed by atoms with Gasteiger partial charge < -0.3 is 5.32 Å². The van der Waals surface area contributed by atoms with E-state index in [9.17, 15) is 4.79 Å². The molecular weight excluding hydrogens is 150 g/mol. The zero-order chi connectivity index (χ0) is 9.78. The third kappa shape index (κ3) is 5.79. The van der Waals surface area contributed by atoms with Crippen molar-refractivity contribution in [1.29, 1.82) is 0 Å². The summed E-state index contributed by atoms with van der Waals surface area (Å²) < 4.78 is 0. The minimum atomic E-state index is -0.407. The summed E-state index contributed by atoms with van der Waals surface area (Å²) in [6, 6.07) is 0. The summed E-state index contributed by atoms with van der Waals surface area (Å²) >= 11 is 0. The molecule has 0 bridgehead atoms. The van der Waals surface area contributed by atoms with E-state index >= 15 is 0 Å². The van der Waals surface area contributed by atoms with Crippen molar-refractivity contribution in [2.75, 3.05) is 0 Å². The number of amides is 1. The molecule has 0 aromatic heterocycles. The van der Waals surface area contributed by atoms with Crippen molar-refractivity contribution in [1.82, 2.24) is 5.32 Å². The lowest BCUT2D eigenvalue weighted by Gasteiger charge is -2.18. The molecule has 0 spiro atoms. The van der Waals surface area contributed by atoms with Crippen LogP contribution in [0, 0.1) is 17.8 Å². The molecule has 0 aromatic rings. The Kier molecular flexibility index (Phi) is 3.82. The van der Waals surface area contributed by atoms with Crippen LogP contribution in [0.2, 0.25) is 0 Å². The number of rotatable bonds is 1. The van der Waals surface area contributed by atoms with Gasteiger partial charge in [-0.15, -0.1) is 0 Å². The van der Waals surface area contributed by atoms with Crippen LogP contribution < -0.4 is 5.32 Å². The predicted molar refractivity (Wildman–Crippen MR) is 50.5 cm³/mol. The Hall–Kier alpha value is -0.970. The number of hydrogen-bond acceptors (Lipinski definition) is 1. The molecule has 1 N–H and O–H groups in total. The SMILES string of the molecule is CC(=O)NC(C)(C)C#CC(C)C. The van der Waals surface area contributed by atoms with Crippen LogP contribution in [-0.2, 0) is 4.79 Å². The standard InChI is InChI=1S/C10H17NO/c1-8(2)6-7-10(4,5)11-9(3)12/h8H,1-5H3,(H,11,12). The molecule has 68 valence electrons. The van der Waals surface area contributed by atoms with Crippen LogP contribution in [0.25, 0.3) is 0 Å². The van der Waals surface area contributed by atoms with E-state index < -0.39 is 5.54 Å². The van der Waals surface area contributed by atoms with Crippen LogP contribution in [0.3, 0.4) is 0 Å². The van der Waals surface area contributed by atoms with Crippen molar-refractivity contribution in [3.8, 4) is 11.8 Å². The smallest absolute Gasteiger partial charge is 0.218 e. The molecule has 0 radical (unpaired) electrons. The van der Waals surface area contributed by atoms with Crippen LogP contribution in [0.5, 0.6) is 0 Å². The Labute approximate surface area is 74.7 Å².